The van der Waals surface area contributed by atoms with E-state index >= 15 is 0 Å². The first-order valence-electron chi connectivity index (χ1n) is 19.8. The number of benzene rings is 9. The van der Waals surface area contributed by atoms with Crippen LogP contribution >= 0.6 is 0 Å². The van der Waals surface area contributed by atoms with E-state index in [2.05, 4.69) is 149 Å². The number of rotatable bonds is 8. The van der Waals surface area contributed by atoms with E-state index in [9.17, 15) is 9.59 Å². The van der Waals surface area contributed by atoms with Gasteiger partial charge in [-0.2, -0.15) is 0 Å². The highest BCUT2D eigenvalue weighted by molar-refractivity contribution is 6.22. The SMILES string of the molecule is COC(=O)c1ccc(-c2c3ccccc3c(-c3ccc(C(=O)OC)cc3)c3cc(N(c4ccccc4)c4ccc(-n5c6ccccc6c6ccccc65)cc4)ccc23)cc1. The fraction of sp³-hybridized carbons (Fsp3) is 0.0370. The van der Waals surface area contributed by atoms with Gasteiger partial charge in [0.2, 0.25) is 0 Å². The zero-order valence-electron chi connectivity index (χ0n) is 33.0. The van der Waals surface area contributed by atoms with Crippen LogP contribution in [-0.4, -0.2) is 30.7 Å². The van der Waals surface area contributed by atoms with E-state index in [1.165, 1.54) is 25.0 Å². The molecule has 0 atom stereocenters. The Labute approximate surface area is 347 Å². The minimum absolute atomic E-state index is 0.379. The van der Waals surface area contributed by atoms with E-state index in [4.69, 9.17) is 9.47 Å². The van der Waals surface area contributed by atoms with Crippen LogP contribution in [0.15, 0.2) is 194 Å². The zero-order valence-corrected chi connectivity index (χ0v) is 33.0. The Hall–Kier alpha value is -7.96. The van der Waals surface area contributed by atoms with Crippen LogP contribution < -0.4 is 4.90 Å². The number of hydrogen-bond acceptors (Lipinski definition) is 5. The van der Waals surface area contributed by atoms with Gasteiger partial charge in [0, 0.05) is 33.5 Å². The maximum atomic E-state index is 12.5. The summed E-state index contributed by atoms with van der Waals surface area (Å²) in [5.41, 5.74) is 11.4. The largest absolute Gasteiger partial charge is 0.465 e. The lowest BCUT2D eigenvalue weighted by Gasteiger charge is -2.27. The van der Waals surface area contributed by atoms with E-state index in [-0.39, 0.29) is 11.9 Å². The van der Waals surface area contributed by atoms with Gasteiger partial charge in [-0.15, -0.1) is 0 Å². The molecule has 0 saturated carbocycles. The van der Waals surface area contributed by atoms with E-state index in [1.807, 2.05) is 54.6 Å². The number of methoxy groups -OCH3 is 2. The summed E-state index contributed by atoms with van der Waals surface area (Å²) in [6.07, 6.45) is 0. The normalized spacial score (nSPS) is 11.3. The van der Waals surface area contributed by atoms with Crippen molar-refractivity contribution in [2.24, 2.45) is 0 Å². The number of hydrogen-bond donors (Lipinski definition) is 0. The summed E-state index contributed by atoms with van der Waals surface area (Å²) in [7, 11) is 2.79. The summed E-state index contributed by atoms with van der Waals surface area (Å²) >= 11 is 0. The number of para-hydroxylation sites is 3. The summed E-state index contributed by atoms with van der Waals surface area (Å²) in [6, 6.07) is 66.6. The zero-order chi connectivity index (χ0) is 40.7. The highest BCUT2D eigenvalue weighted by Gasteiger charge is 2.21. The minimum atomic E-state index is -0.382. The monoisotopic (exact) mass is 778 g/mol. The number of nitrogens with zero attached hydrogens (tertiary/aromatic N) is 2. The minimum Gasteiger partial charge on any atom is -0.465 e. The van der Waals surface area contributed by atoms with Crippen LogP contribution in [0.4, 0.5) is 17.1 Å². The smallest absolute Gasteiger partial charge is 0.337 e. The Morgan fingerprint density at radius 3 is 1.33 bits per heavy atom. The molecule has 9 aromatic carbocycles. The molecule has 0 radical (unpaired) electrons. The Balaban J connectivity index is 1.19. The molecule has 10 rings (SSSR count). The van der Waals surface area contributed by atoms with Gasteiger partial charge in [0.15, 0.2) is 0 Å². The first-order chi connectivity index (χ1) is 29.5. The number of esters is 2. The van der Waals surface area contributed by atoms with Crippen molar-refractivity contribution in [2.75, 3.05) is 19.1 Å². The lowest BCUT2D eigenvalue weighted by molar-refractivity contribution is 0.0592. The molecule has 6 nitrogen and oxygen atoms in total. The van der Waals surface area contributed by atoms with Crippen molar-refractivity contribution >= 4 is 72.4 Å². The third-order valence-electron chi connectivity index (χ3n) is 11.4. The van der Waals surface area contributed by atoms with Gasteiger partial charge in [0.05, 0.1) is 36.4 Å². The molecule has 6 heteroatoms. The summed E-state index contributed by atoms with van der Waals surface area (Å²) in [5, 5.41) is 6.65. The van der Waals surface area contributed by atoms with Crippen LogP contribution in [-0.2, 0) is 9.47 Å². The van der Waals surface area contributed by atoms with Crippen LogP contribution in [0.5, 0.6) is 0 Å². The third kappa shape index (κ3) is 6.14. The third-order valence-corrected chi connectivity index (χ3v) is 11.4. The lowest BCUT2D eigenvalue weighted by Crippen LogP contribution is -2.10. The number of carbonyl (C=O) groups excluding carboxylic acids is 2. The van der Waals surface area contributed by atoms with Gasteiger partial charge in [-0.1, -0.05) is 109 Å². The van der Waals surface area contributed by atoms with Crippen molar-refractivity contribution in [3.8, 4) is 27.9 Å². The Morgan fingerprint density at radius 2 is 0.817 bits per heavy atom. The molecule has 1 heterocycles. The van der Waals surface area contributed by atoms with Gasteiger partial charge < -0.3 is 18.9 Å². The molecule has 0 unspecified atom stereocenters. The molecular formula is C54H38N2O4. The predicted molar refractivity (Wildman–Crippen MR) is 244 cm³/mol. The highest BCUT2D eigenvalue weighted by Crippen LogP contribution is 2.46. The average Bonchev–Trinajstić information content (AvgIpc) is 3.65. The maximum Gasteiger partial charge on any atom is 0.337 e. The van der Waals surface area contributed by atoms with Crippen molar-refractivity contribution in [3.63, 3.8) is 0 Å². The van der Waals surface area contributed by atoms with Gasteiger partial charge in [-0.25, -0.2) is 9.59 Å². The van der Waals surface area contributed by atoms with Gasteiger partial charge >= 0.3 is 11.9 Å². The summed E-state index contributed by atoms with van der Waals surface area (Å²) < 4.78 is 12.4. The number of carbonyl (C=O) groups is 2. The van der Waals surface area contributed by atoms with Crippen LogP contribution in [0.25, 0.3) is 71.3 Å². The molecule has 1 aromatic heterocycles. The summed E-state index contributed by atoms with van der Waals surface area (Å²) in [5.74, 6) is -0.761. The molecule has 0 spiro atoms. The van der Waals surface area contributed by atoms with Crippen molar-refractivity contribution in [1.29, 1.82) is 0 Å². The van der Waals surface area contributed by atoms with E-state index in [1.54, 1.807) is 0 Å². The Morgan fingerprint density at radius 1 is 0.400 bits per heavy atom. The molecule has 0 aliphatic heterocycles. The molecule has 0 amide bonds. The number of anilines is 3. The fourth-order valence-corrected chi connectivity index (χ4v) is 8.68. The first kappa shape index (κ1) is 36.4. The second-order valence-corrected chi connectivity index (χ2v) is 14.7. The molecule has 0 fully saturated rings. The lowest BCUT2D eigenvalue weighted by atomic mass is 9.85. The summed E-state index contributed by atoms with van der Waals surface area (Å²) in [4.78, 5) is 27.2. The molecule has 0 aliphatic rings. The van der Waals surface area contributed by atoms with Crippen molar-refractivity contribution in [1.82, 2.24) is 4.57 Å². The summed E-state index contributed by atoms with van der Waals surface area (Å²) in [6.45, 7) is 0. The Kier molecular flexibility index (Phi) is 9.15. The van der Waals surface area contributed by atoms with Gasteiger partial charge in [-0.05, 0) is 129 Å². The van der Waals surface area contributed by atoms with E-state index < -0.39 is 0 Å². The Bertz CT molecular complexity index is 3190. The van der Waals surface area contributed by atoms with Crippen molar-refractivity contribution in [3.05, 3.63) is 205 Å². The molecule has 60 heavy (non-hydrogen) atoms. The second kappa shape index (κ2) is 15.1. The number of fused-ring (bicyclic) bond motifs is 5. The number of aromatic nitrogens is 1. The van der Waals surface area contributed by atoms with Gasteiger partial charge in [-0.3, -0.25) is 0 Å². The highest BCUT2D eigenvalue weighted by atomic mass is 16.5. The average molecular weight is 779 g/mol. The first-order valence-corrected chi connectivity index (χ1v) is 19.8. The quantitative estimate of drug-likeness (QED) is 0.114. The van der Waals surface area contributed by atoms with Crippen molar-refractivity contribution < 1.29 is 19.1 Å². The van der Waals surface area contributed by atoms with Crippen LogP contribution in [0.1, 0.15) is 20.7 Å². The number of ether oxygens (including phenoxy) is 2. The molecule has 0 aliphatic carbocycles. The molecular weight excluding hydrogens is 741 g/mol. The van der Waals surface area contributed by atoms with E-state index in [0.29, 0.717) is 11.1 Å². The van der Waals surface area contributed by atoms with Crippen LogP contribution in [0.2, 0.25) is 0 Å². The topological polar surface area (TPSA) is 60.8 Å². The van der Waals surface area contributed by atoms with E-state index in [0.717, 1.165) is 77.6 Å². The molecule has 288 valence electrons. The van der Waals surface area contributed by atoms with Gasteiger partial charge in [0.1, 0.15) is 0 Å². The molecule has 10 aromatic rings. The van der Waals surface area contributed by atoms with Crippen LogP contribution in [0.3, 0.4) is 0 Å². The molecule has 0 bridgehead atoms. The molecule has 0 N–H and O–H groups in total. The van der Waals surface area contributed by atoms with Crippen LogP contribution in [0, 0.1) is 0 Å². The molecule has 0 saturated heterocycles. The predicted octanol–water partition coefficient (Wildman–Crippen LogP) is 13.5. The van der Waals surface area contributed by atoms with Gasteiger partial charge in [0.25, 0.3) is 0 Å². The second-order valence-electron chi connectivity index (χ2n) is 14.7. The maximum absolute atomic E-state index is 12.5. The standard InChI is InChI=1S/C54H38N2O4/c1-59-53(57)37-24-20-35(21-25-37)51-45-16-6-7-17-46(45)52(36-22-26-38(27-23-36)54(58)60-2)48-34-42(32-33-47(48)51)55(39-12-4-3-5-13-39)40-28-30-41(31-29-40)56-49-18-10-8-14-43(49)44-15-9-11-19-50(44)56/h3-34H,1-2H3. The van der Waals surface area contributed by atoms with Crippen molar-refractivity contribution in [2.45, 2.75) is 0 Å². The fourth-order valence-electron chi connectivity index (χ4n) is 8.68.